The largest absolute Gasteiger partial charge is 0.465 e. The number of hydrogen-bond acceptors (Lipinski definition) is 7. The zero-order valence-electron chi connectivity index (χ0n) is 16.0. The molecular formula is C19H28N6O2. The van der Waals surface area contributed by atoms with Gasteiger partial charge in [0.05, 0.1) is 12.6 Å². The molecule has 1 saturated carbocycles. The number of benzene rings is 1. The highest BCUT2D eigenvalue weighted by atomic mass is 16.5. The Hall–Kier alpha value is -2.32. The fraction of sp³-hybridized carbons (Fsp3) is 0.579. The summed E-state index contributed by atoms with van der Waals surface area (Å²) in [5.41, 5.74) is 8.28. The number of aromatic nitrogens is 4. The summed E-state index contributed by atoms with van der Waals surface area (Å²) in [5.74, 6) is 0.265. The summed E-state index contributed by atoms with van der Waals surface area (Å²) in [4.78, 5) is 11.9. The van der Waals surface area contributed by atoms with Gasteiger partial charge in [-0.15, -0.1) is 5.10 Å². The van der Waals surface area contributed by atoms with E-state index in [1.54, 1.807) is 6.92 Å². The third kappa shape index (κ3) is 5.11. The first-order valence-corrected chi connectivity index (χ1v) is 9.56. The fourth-order valence-corrected chi connectivity index (χ4v) is 3.55. The number of carbonyl (C=O) groups excluding carboxylic acids is 1. The van der Waals surface area contributed by atoms with E-state index < -0.39 is 0 Å². The first kappa shape index (κ1) is 19.4. The van der Waals surface area contributed by atoms with Gasteiger partial charge in [-0.25, -0.2) is 4.68 Å². The van der Waals surface area contributed by atoms with Gasteiger partial charge in [0.15, 0.2) is 5.82 Å². The van der Waals surface area contributed by atoms with Crippen LogP contribution in [0, 0.1) is 6.92 Å². The molecule has 2 aromatic rings. The Labute approximate surface area is 159 Å². The molecule has 0 radical (unpaired) electrons. The average molecular weight is 372 g/mol. The predicted molar refractivity (Wildman–Crippen MR) is 101 cm³/mol. The molecule has 27 heavy (non-hydrogen) atoms. The van der Waals surface area contributed by atoms with Crippen LogP contribution in [0.15, 0.2) is 24.3 Å². The van der Waals surface area contributed by atoms with E-state index in [4.69, 9.17) is 10.5 Å². The summed E-state index contributed by atoms with van der Waals surface area (Å²) in [5, 5.41) is 15.7. The molecule has 1 heterocycles. The SMILES string of the molecule is CCOC(=O)Cn1nnnc1C(NC1CCC(N)CC1)c1cccc(C)c1. The average Bonchev–Trinajstić information content (AvgIpc) is 3.09. The molecule has 1 aliphatic rings. The third-order valence-corrected chi connectivity index (χ3v) is 4.95. The number of nitrogens with one attached hydrogen (secondary N) is 1. The van der Waals surface area contributed by atoms with Crippen molar-refractivity contribution in [1.29, 1.82) is 0 Å². The molecule has 8 nitrogen and oxygen atoms in total. The van der Waals surface area contributed by atoms with Gasteiger partial charge in [-0.1, -0.05) is 29.8 Å². The molecule has 1 atom stereocenters. The summed E-state index contributed by atoms with van der Waals surface area (Å²) in [6, 6.07) is 8.68. The van der Waals surface area contributed by atoms with Crippen LogP contribution < -0.4 is 11.1 Å². The quantitative estimate of drug-likeness (QED) is 0.709. The van der Waals surface area contributed by atoms with Crippen molar-refractivity contribution in [3.63, 3.8) is 0 Å². The van der Waals surface area contributed by atoms with E-state index in [1.165, 1.54) is 4.68 Å². The predicted octanol–water partition coefficient (Wildman–Crippen LogP) is 1.49. The minimum Gasteiger partial charge on any atom is -0.465 e. The van der Waals surface area contributed by atoms with Crippen LogP contribution in [0.25, 0.3) is 0 Å². The van der Waals surface area contributed by atoms with E-state index in [1.807, 2.05) is 6.07 Å². The lowest BCUT2D eigenvalue weighted by molar-refractivity contribution is -0.144. The summed E-state index contributed by atoms with van der Waals surface area (Å²) in [6.07, 6.45) is 4.05. The van der Waals surface area contributed by atoms with E-state index in [2.05, 4.69) is 46.0 Å². The molecule has 0 aliphatic heterocycles. The van der Waals surface area contributed by atoms with Crippen LogP contribution in [0.1, 0.15) is 55.6 Å². The van der Waals surface area contributed by atoms with E-state index in [0.717, 1.165) is 36.8 Å². The number of nitrogens with zero attached hydrogens (tertiary/aromatic N) is 4. The molecular weight excluding hydrogens is 344 g/mol. The topological polar surface area (TPSA) is 108 Å². The zero-order chi connectivity index (χ0) is 19.2. The Kier molecular flexibility index (Phi) is 6.52. The summed E-state index contributed by atoms with van der Waals surface area (Å²) in [6.45, 7) is 4.17. The van der Waals surface area contributed by atoms with Crippen molar-refractivity contribution < 1.29 is 9.53 Å². The molecule has 3 N–H and O–H groups in total. The molecule has 8 heteroatoms. The second-order valence-corrected chi connectivity index (χ2v) is 7.13. The highest BCUT2D eigenvalue weighted by molar-refractivity contribution is 5.69. The second kappa shape index (κ2) is 9.05. The number of nitrogens with two attached hydrogens (primary N) is 1. The Morgan fingerprint density at radius 2 is 2.15 bits per heavy atom. The molecule has 0 amide bonds. The monoisotopic (exact) mass is 372 g/mol. The lowest BCUT2D eigenvalue weighted by Crippen LogP contribution is -2.40. The number of aryl methyl sites for hydroxylation is 1. The van der Waals surface area contributed by atoms with Crippen molar-refractivity contribution in [3.05, 3.63) is 41.2 Å². The van der Waals surface area contributed by atoms with Gasteiger partial charge in [0.25, 0.3) is 0 Å². The standard InChI is InChI=1S/C19H28N6O2/c1-3-27-17(26)12-25-19(22-23-24-25)18(14-6-4-5-13(2)11-14)21-16-9-7-15(20)8-10-16/h4-6,11,15-16,18,21H,3,7-10,12,20H2,1-2H3. The number of tetrazole rings is 1. The normalized spacial score (nSPS) is 21.0. The Morgan fingerprint density at radius 3 is 2.85 bits per heavy atom. The number of carbonyl (C=O) groups is 1. The molecule has 0 saturated heterocycles. The maximum atomic E-state index is 11.9. The molecule has 146 valence electrons. The minimum atomic E-state index is -0.349. The maximum Gasteiger partial charge on any atom is 0.327 e. The van der Waals surface area contributed by atoms with Crippen LogP contribution in [-0.2, 0) is 16.1 Å². The minimum absolute atomic E-state index is 0.00426. The van der Waals surface area contributed by atoms with Crippen molar-refractivity contribution >= 4 is 5.97 Å². The first-order chi connectivity index (χ1) is 13.1. The van der Waals surface area contributed by atoms with Gasteiger partial charge >= 0.3 is 5.97 Å². The number of rotatable bonds is 7. The maximum absolute atomic E-state index is 11.9. The van der Waals surface area contributed by atoms with E-state index in [0.29, 0.717) is 18.5 Å². The highest BCUT2D eigenvalue weighted by Gasteiger charge is 2.27. The van der Waals surface area contributed by atoms with Gasteiger partial charge in [0.2, 0.25) is 0 Å². The molecule has 0 spiro atoms. The molecule has 1 aromatic carbocycles. The smallest absolute Gasteiger partial charge is 0.327 e. The van der Waals surface area contributed by atoms with Crippen LogP contribution >= 0.6 is 0 Å². The molecule has 1 aromatic heterocycles. The lowest BCUT2D eigenvalue weighted by Gasteiger charge is -2.30. The van der Waals surface area contributed by atoms with Crippen LogP contribution in [-0.4, -0.2) is 44.9 Å². The summed E-state index contributed by atoms with van der Waals surface area (Å²) in [7, 11) is 0. The van der Waals surface area contributed by atoms with Crippen molar-refractivity contribution in [3.8, 4) is 0 Å². The van der Waals surface area contributed by atoms with Gasteiger partial charge in [-0.05, 0) is 55.5 Å². The fourth-order valence-electron chi connectivity index (χ4n) is 3.55. The lowest BCUT2D eigenvalue weighted by atomic mass is 9.90. The van der Waals surface area contributed by atoms with E-state index in [9.17, 15) is 4.79 Å². The zero-order valence-corrected chi connectivity index (χ0v) is 16.0. The van der Waals surface area contributed by atoms with Crippen molar-refractivity contribution in [2.45, 2.75) is 64.2 Å². The molecule has 3 rings (SSSR count). The Morgan fingerprint density at radius 1 is 1.37 bits per heavy atom. The Balaban J connectivity index is 1.86. The summed E-state index contributed by atoms with van der Waals surface area (Å²) >= 11 is 0. The van der Waals surface area contributed by atoms with Crippen LogP contribution in [0.3, 0.4) is 0 Å². The molecule has 1 fully saturated rings. The van der Waals surface area contributed by atoms with Gasteiger partial charge in [-0.2, -0.15) is 0 Å². The number of hydrogen-bond donors (Lipinski definition) is 2. The first-order valence-electron chi connectivity index (χ1n) is 9.56. The second-order valence-electron chi connectivity index (χ2n) is 7.13. The van der Waals surface area contributed by atoms with E-state index >= 15 is 0 Å². The molecule has 1 unspecified atom stereocenters. The molecule has 0 bridgehead atoms. The summed E-state index contributed by atoms with van der Waals surface area (Å²) < 4.78 is 6.57. The van der Waals surface area contributed by atoms with E-state index in [-0.39, 0.29) is 24.6 Å². The van der Waals surface area contributed by atoms with Gasteiger partial charge < -0.3 is 15.8 Å². The van der Waals surface area contributed by atoms with Gasteiger partial charge in [0.1, 0.15) is 6.54 Å². The van der Waals surface area contributed by atoms with Crippen LogP contribution in [0.5, 0.6) is 0 Å². The van der Waals surface area contributed by atoms with Crippen LogP contribution in [0.2, 0.25) is 0 Å². The number of ether oxygens (including phenoxy) is 1. The highest BCUT2D eigenvalue weighted by Crippen LogP contribution is 2.25. The van der Waals surface area contributed by atoms with Crippen molar-refractivity contribution in [1.82, 2.24) is 25.5 Å². The van der Waals surface area contributed by atoms with Crippen molar-refractivity contribution in [2.75, 3.05) is 6.61 Å². The Bertz CT molecular complexity index is 754. The van der Waals surface area contributed by atoms with Gasteiger partial charge in [0, 0.05) is 12.1 Å². The van der Waals surface area contributed by atoms with Crippen molar-refractivity contribution in [2.24, 2.45) is 5.73 Å². The third-order valence-electron chi connectivity index (χ3n) is 4.95. The number of esters is 1. The van der Waals surface area contributed by atoms with Crippen LogP contribution in [0.4, 0.5) is 0 Å². The molecule has 1 aliphatic carbocycles. The van der Waals surface area contributed by atoms with Gasteiger partial charge in [-0.3, -0.25) is 4.79 Å².